The minimum atomic E-state index is 0.454. The van der Waals surface area contributed by atoms with E-state index < -0.39 is 0 Å². The first-order valence-electron chi connectivity index (χ1n) is 15.4. The molecule has 0 bridgehead atoms. The van der Waals surface area contributed by atoms with Crippen LogP contribution in [-0.4, -0.2) is 82.4 Å². The van der Waals surface area contributed by atoms with Gasteiger partial charge in [0.2, 0.25) is 5.95 Å². The first kappa shape index (κ1) is 32.4. The molecule has 0 unspecified atom stereocenters. The van der Waals surface area contributed by atoms with Crippen LogP contribution < -0.4 is 14.8 Å². The van der Waals surface area contributed by atoms with Crippen LogP contribution in [0, 0.1) is 11.3 Å². The molecule has 12 heteroatoms. The molecule has 0 radical (unpaired) electrons. The van der Waals surface area contributed by atoms with Crippen molar-refractivity contribution in [3.8, 4) is 39.3 Å². The molecule has 0 atom stereocenters. The molecule has 1 aliphatic rings. The smallest absolute Gasteiger partial charge is 0.227 e. The summed E-state index contributed by atoms with van der Waals surface area (Å²) in [6.45, 7) is 6.94. The van der Waals surface area contributed by atoms with Gasteiger partial charge in [-0.05, 0) is 54.6 Å². The number of piperazine rings is 1. The first-order chi connectivity index (χ1) is 23.1. The summed E-state index contributed by atoms with van der Waals surface area (Å²) in [6, 6.07) is 18.2. The van der Waals surface area contributed by atoms with E-state index in [0.717, 1.165) is 77.3 Å². The van der Waals surface area contributed by atoms with Crippen molar-refractivity contribution >= 4 is 34.7 Å². The molecular formula is C35H36N8O2S2. The van der Waals surface area contributed by atoms with E-state index in [1.54, 1.807) is 37.5 Å². The van der Waals surface area contributed by atoms with E-state index in [2.05, 4.69) is 48.3 Å². The van der Waals surface area contributed by atoms with Crippen LogP contribution in [-0.2, 0) is 6.54 Å². The minimum absolute atomic E-state index is 0.454. The highest BCUT2D eigenvalue weighted by Crippen LogP contribution is 2.46. The van der Waals surface area contributed by atoms with E-state index in [4.69, 9.17) is 14.5 Å². The van der Waals surface area contributed by atoms with Crippen LogP contribution in [0.3, 0.4) is 0 Å². The number of rotatable bonds is 13. The average Bonchev–Trinajstić information content (AvgIpc) is 3.51. The largest absolute Gasteiger partial charge is 0.495 e. The normalized spacial score (nSPS) is 13.6. The van der Waals surface area contributed by atoms with E-state index in [0.29, 0.717) is 29.6 Å². The molecule has 10 nitrogen and oxygen atoms in total. The van der Waals surface area contributed by atoms with E-state index in [1.807, 2.05) is 55.0 Å². The van der Waals surface area contributed by atoms with Gasteiger partial charge in [0.25, 0.3) is 0 Å². The Labute approximate surface area is 283 Å². The van der Waals surface area contributed by atoms with Gasteiger partial charge in [-0.1, -0.05) is 6.07 Å². The third kappa shape index (κ3) is 8.25. The van der Waals surface area contributed by atoms with Crippen LogP contribution in [0.25, 0.3) is 21.7 Å². The third-order valence-electron chi connectivity index (χ3n) is 7.90. The molecule has 0 spiro atoms. The number of pyridine rings is 2. The van der Waals surface area contributed by atoms with Gasteiger partial charge in [0.15, 0.2) is 0 Å². The van der Waals surface area contributed by atoms with Gasteiger partial charge in [-0.15, -0.1) is 23.1 Å². The first-order valence-corrected chi connectivity index (χ1v) is 17.4. The van der Waals surface area contributed by atoms with Crippen LogP contribution in [0.5, 0.6) is 11.5 Å². The Bertz CT molecular complexity index is 1820. The fraction of sp³-hybridized carbons (Fsp3) is 0.286. The zero-order valence-electron chi connectivity index (χ0n) is 26.4. The van der Waals surface area contributed by atoms with Crippen molar-refractivity contribution in [1.82, 2.24) is 29.7 Å². The van der Waals surface area contributed by atoms with Crippen molar-refractivity contribution in [2.24, 2.45) is 0 Å². The number of nitriles is 1. The Kier molecular flexibility index (Phi) is 10.9. The van der Waals surface area contributed by atoms with Crippen molar-refractivity contribution in [2.45, 2.75) is 17.2 Å². The van der Waals surface area contributed by atoms with Crippen molar-refractivity contribution < 1.29 is 9.47 Å². The highest BCUT2D eigenvalue weighted by Gasteiger charge is 2.23. The van der Waals surface area contributed by atoms with Gasteiger partial charge in [0.1, 0.15) is 17.6 Å². The number of anilines is 2. The number of hydrogen-bond acceptors (Lipinski definition) is 12. The van der Waals surface area contributed by atoms with E-state index in [9.17, 15) is 5.26 Å². The second-order valence-corrected chi connectivity index (χ2v) is 13.1. The lowest BCUT2D eigenvalue weighted by Crippen LogP contribution is -2.46. The van der Waals surface area contributed by atoms with E-state index in [1.165, 1.54) is 16.9 Å². The molecule has 5 aromatic rings. The minimum Gasteiger partial charge on any atom is -0.495 e. The number of aromatic nitrogens is 4. The number of hydrogen-bond donors (Lipinski definition) is 1. The quantitative estimate of drug-likeness (QED) is 0.109. The van der Waals surface area contributed by atoms with Crippen molar-refractivity contribution in [1.29, 1.82) is 5.26 Å². The van der Waals surface area contributed by atoms with Gasteiger partial charge in [0.05, 0.1) is 40.3 Å². The standard InChI is InChI=1S/C35H36N8O2S2/c1-44-29-19-26(22-38-23-29)32-30(21-36)34(46-2)47-33(32)31-9-12-39-35(41-31)40-27-5-3-6-28(20-27)45-18-4-13-42-14-16-43(17-15-42)24-25-7-10-37-11-8-25/h3,5-12,19-20,22-23H,4,13-18,24H2,1-2H3,(H,39,40,41). The molecule has 6 rings (SSSR count). The lowest BCUT2D eigenvalue weighted by molar-refractivity contribution is 0.121. The molecule has 240 valence electrons. The molecule has 47 heavy (non-hydrogen) atoms. The highest BCUT2D eigenvalue weighted by atomic mass is 32.2. The summed E-state index contributed by atoms with van der Waals surface area (Å²) in [7, 11) is 1.60. The number of nitrogens with zero attached hydrogens (tertiary/aromatic N) is 7. The molecule has 1 aliphatic heterocycles. The molecule has 0 saturated carbocycles. The zero-order valence-corrected chi connectivity index (χ0v) is 28.1. The van der Waals surface area contributed by atoms with Gasteiger partial charge in [0, 0.05) is 86.9 Å². The molecule has 1 N–H and O–H groups in total. The summed E-state index contributed by atoms with van der Waals surface area (Å²) in [5.74, 6) is 1.87. The van der Waals surface area contributed by atoms with Gasteiger partial charge in [-0.2, -0.15) is 5.26 Å². The predicted octanol–water partition coefficient (Wildman–Crippen LogP) is 6.59. The summed E-state index contributed by atoms with van der Waals surface area (Å²) in [5, 5.41) is 13.4. The van der Waals surface area contributed by atoms with E-state index in [-0.39, 0.29) is 0 Å². The summed E-state index contributed by atoms with van der Waals surface area (Å²) in [6.07, 6.45) is 11.8. The third-order valence-corrected chi connectivity index (χ3v) is 10.2. The highest BCUT2D eigenvalue weighted by molar-refractivity contribution is 8.00. The van der Waals surface area contributed by atoms with Crippen molar-refractivity contribution in [2.75, 3.05) is 58.0 Å². The lowest BCUT2D eigenvalue weighted by atomic mass is 10.0. The summed E-state index contributed by atoms with van der Waals surface area (Å²) >= 11 is 3.08. The van der Waals surface area contributed by atoms with Crippen LogP contribution in [0.4, 0.5) is 11.6 Å². The molecule has 1 saturated heterocycles. The summed E-state index contributed by atoms with van der Waals surface area (Å²) < 4.78 is 12.4. The number of nitrogens with one attached hydrogen (secondary N) is 1. The number of benzene rings is 1. The Hall–Kier alpha value is -4.54. The van der Waals surface area contributed by atoms with Crippen molar-refractivity contribution in [3.63, 3.8) is 0 Å². The van der Waals surface area contributed by atoms with Crippen LogP contribution in [0.2, 0.25) is 0 Å². The summed E-state index contributed by atoms with van der Waals surface area (Å²) in [5.41, 5.74) is 5.06. The van der Waals surface area contributed by atoms with Gasteiger partial charge in [-0.3, -0.25) is 14.9 Å². The number of thiophene rings is 1. The Balaban J connectivity index is 1.06. The van der Waals surface area contributed by atoms with E-state index >= 15 is 0 Å². The Morgan fingerprint density at radius 1 is 0.979 bits per heavy atom. The number of methoxy groups -OCH3 is 1. The van der Waals surface area contributed by atoms with Crippen LogP contribution in [0.15, 0.2) is 83.7 Å². The second-order valence-electron chi connectivity index (χ2n) is 11.0. The van der Waals surface area contributed by atoms with Gasteiger partial charge < -0.3 is 19.7 Å². The maximum atomic E-state index is 10.1. The fourth-order valence-electron chi connectivity index (χ4n) is 5.51. The average molecular weight is 665 g/mol. The molecule has 1 aromatic carbocycles. The summed E-state index contributed by atoms with van der Waals surface area (Å²) in [4.78, 5) is 23.6. The van der Waals surface area contributed by atoms with Crippen molar-refractivity contribution in [3.05, 3.63) is 90.6 Å². The molecule has 5 heterocycles. The fourth-order valence-corrected chi connectivity index (χ4v) is 7.42. The second kappa shape index (κ2) is 15.8. The Morgan fingerprint density at radius 2 is 1.81 bits per heavy atom. The number of thioether (sulfide) groups is 1. The zero-order chi connectivity index (χ0) is 32.4. The predicted molar refractivity (Wildman–Crippen MR) is 187 cm³/mol. The molecule has 1 fully saturated rings. The number of ether oxygens (including phenoxy) is 2. The van der Waals surface area contributed by atoms with Crippen LogP contribution >= 0.6 is 23.1 Å². The SMILES string of the molecule is COc1cncc(-c2c(-c3ccnc(Nc4cccc(OCCCN5CCN(Cc6ccncc6)CC5)c4)n3)sc(SC)c2C#N)c1. The molecule has 0 amide bonds. The molecule has 4 aromatic heterocycles. The maximum Gasteiger partial charge on any atom is 0.227 e. The topological polar surface area (TPSA) is 112 Å². The molecule has 0 aliphatic carbocycles. The maximum absolute atomic E-state index is 10.1. The monoisotopic (exact) mass is 664 g/mol. The lowest BCUT2D eigenvalue weighted by Gasteiger charge is -2.34. The molecular weight excluding hydrogens is 629 g/mol. The van der Waals surface area contributed by atoms with Crippen LogP contribution in [0.1, 0.15) is 17.5 Å². The van der Waals surface area contributed by atoms with Gasteiger partial charge >= 0.3 is 0 Å². The van der Waals surface area contributed by atoms with Gasteiger partial charge in [-0.25, -0.2) is 9.97 Å². The Morgan fingerprint density at radius 3 is 2.60 bits per heavy atom.